The van der Waals surface area contributed by atoms with Crippen LogP contribution in [0.3, 0.4) is 0 Å². The number of aromatic nitrogens is 1. The zero-order chi connectivity index (χ0) is 12.4. The standard InChI is InChI=1S/C13H19ClN2O/c1-9-8-17-10(2)7-16(9)13-5-4-12(6-14)11(3)15-13/h4-5,9-10H,6-8H2,1-3H3. The van der Waals surface area contributed by atoms with Gasteiger partial charge >= 0.3 is 0 Å². The molecule has 4 heteroatoms. The third kappa shape index (κ3) is 2.72. The van der Waals surface area contributed by atoms with E-state index in [1.54, 1.807) is 0 Å². The predicted molar refractivity (Wildman–Crippen MR) is 70.8 cm³/mol. The molecule has 0 amide bonds. The van der Waals surface area contributed by atoms with Crippen molar-refractivity contribution in [3.63, 3.8) is 0 Å². The highest BCUT2D eigenvalue weighted by Crippen LogP contribution is 2.21. The molecule has 0 bridgehead atoms. The number of alkyl halides is 1. The molecule has 1 aliphatic heterocycles. The lowest BCUT2D eigenvalue weighted by Crippen LogP contribution is -2.47. The molecule has 2 atom stereocenters. The Bertz CT molecular complexity index is 397. The molecule has 1 aromatic rings. The number of aryl methyl sites for hydroxylation is 1. The van der Waals surface area contributed by atoms with Gasteiger partial charge in [0, 0.05) is 18.1 Å². The monoisotopic (exact) mass is 254 g/mol. The van der Waals surface area contributed by atoms with Gasteiger partial charge in [-0.15, -0.1) is 11.6 Å². The Balaban J connectivity index is 2.23. The van der Waals surface area contributed by atoms with Crippen molar-refractivity contribution in [2.75, 3.05) is 18.1 Å². The number of pyridine rings is 1. The summed E-state index contributed by atoms with van der Waals surface area (Å²) in [5.41, 5.74) is 2.12. The summed E-state index contributed by atoms with van der Waals surface area (Å²) >= 11 is 5.85. The van der Waals surface area contributed by atoms with E-state index in [0.29, 0.717) is 11.9 Å². The quantitative estimate of drug-likeness (QED) is 0.759. The van der Waals surface area contributed by atoms with Gasteiger partial charge in [0.1, 0.15) is 5.82 Å². The van der Waals surface area contributed by atoms with Crippen molar-refractivity contribution in [2.24, 2.45) is 0 Å². The highest BCUT2D eigenvalue weighted by Gasteiger charge is 2.24. The lowest BCUT2D eigenvalue weighted by molar-refractivity contribution is 0.0340. The summed E-state index contributed by atoms with van der Waals surface area (Å²) in [6, 6.07) is 4.50. The zero-order valence-corrected chi connectivity index (χ0v) is 11.4. The first-order valence-corrected chi connectivity index (χ1v) is 6.56. The highest BCUT2D eigenvalue weighted by molar-refractivity contribution is 6.17. The molecule has 2 unspecified atom stereocenters. The maximum atomic E-state index is 5.85. The minimum Gasteiger partial charge on any atom is -0.375 e. The molecule has 1 aromatic heterocycles. The first-order valence-electron chi connectivity index (χ1n) is 6.02. The molecule has 0 saturated carbocycles. The van der Waals surface area contributed by atoms with Crippen LogP contribution < -0.4 is 4.90 Å². The second kappa shape index (κ2) is 5.23. The van der Waals surface area contributed by atoms with Crippen molar-refractivity contribution in [3.05, 3.63) is 23.4 Å². The van der Waals surface area contributed by atoms with Crippen molar-refractivity contribution in [3.8, 4) is 0 Å². The molecule has 2 rings (SSSR count). The normalized spacial score (nSPS) is 25.1. The van der Waals surface area contributed by atoms with E-state index in [2.05, 4.69) is 35.9 Å². The molecule has 3 nitrogen and oxygen atoms in total. The summed E-state index contributed by atoms with van der Waals surface area (Å²) in [5.74, 6) is 1.55. The fraction of sp³-hybridized carbons (Fsp3) is 0.615. The molecule has 1 saturated heterocycles. The van der Waals surface area contributed by atoms with Crippen LogP contribution in [0.1, 0.15) is 25.1 Å². The average molecular weight is 255 g/mol. The van der Waals surface area contributed by atoms with E-state index in [4.69, 9.17) is 16.3 Å². The molecule has 94 valence electrons. The summed E-state index contributed by atoms with van der Waals surface area (Å²) in [5, 5.41) is 0. The minimum atomic E-state index is 0.265. The van der Waals surface area contributed by atoms with Gasteiger partial charge in [0.25, 0.3) is 0 Å². The van der Waals surface area contributed by atoms with Gasteiger partial charge in [-0.3, -0.25) is 0 Å². The first kappa shape index (κ1) is 12.7. The number of hydrogen-bond donors (Lipinski definition) is 0. The summed E-state index contributed by atoms with van der Waals surface area (Å²) in [6.45, 7) is 7.93. The maximum absolute atomic E-state index is 5.85. The predicted octanol–water partition coefficient (Wildman–Crippen LogP) is 2.74. The molecule has 0 aromatic carbocycles. The lowest BCUT2D eigenvalue weighted by Gasteiger charge is -2.37. The van der Waals surface area contributed by atoms with Crippen LogP contribution >= 0.6 is 11.6 Å². The molecular weight excluding hydrogens is 236 g/mol. The van der Waals surface area contributed by atoms with Crippen LogP contribution in [0.5, 0.6) is 0 Å². The highest BCUT2D eigenvalue weighted by atomic mass is 35.5. The van der Waals surface area contributed by atoms with Crippen LogP contribution in [-0.2, 0) is 10.6 Å². The summed E-state index contributed by atoms with van der Waals surface area (Å²) in [4.78, 5) is 6.94. The molecule has 17 heavy (non-hydrogen) atoms. The van der Waals surface area contributed by atoms with Crippen LogP contribution in [0, 0.1) is 6.92 Å². The number of hydrogen-bond acceptors (Lipinski definition) is 3. The second-order valence-corrected chi connectivity index (χ2v) is 4.96. The summed E-state index contributed by atoms with van der Waals surface area (Å²) < 4.78 is 5.63. The van der Waals surface area contributed by atoms with E-state index < -0.39 is 0 Å². The van der Waals surface area contributed by atoms with E-state index in [1.165, 1.54) is 0 Å². The van der Waals surface area contributed by atoms with Crippen LogP contribution in [-0.4, -0.2) is 30.3 Å². The Morgan fingerprint density at radius 3 is 2.88 bits per heavy atom. The van der Waals surface area contributed by atoms with Gasteiger partial charge in [0.2, 0.25) is 0 Å². The van der Waals surface area contributed by atoms with Gasteiger partial charge in [-0.2, -0.15) is 0 Å². The van der Waals surface area contributed by atoms with E-state index in [1.807, 2.05) is 6.92 Å². The number of morpholine rings is 1. The average Bonchev–Trinajstić information content (AvgIpc) is 2.32. The Hall–Kier alpha value is -0.800. The number of rotatable bonds is 2. The fourth-order valence-electron chi connectivity index (χ4n) is 2.10. The van der Waals surface area contributed by atoms with Crippen LogP contribution in [0.25, 0.3) is 0 Å². The van der Waals surface area contributed by atoms with Crippen LogP contribution in [0.2, 0.25) is 0 Å². The lowest BCUT2D eigenvalue weighted by atomic mass is 10.2. The van der Waals surface area contributed by atoms with Gasteiger partial charge in [-0.25, -0.2) is 4.98 Å². The van der Waals surface area contributed by atoms with Crippen LogP contribution in [0.4, 0.5) is 5.82 Å². The minimum absolute atomic E-state index is 0.265. The molecule has 1 aliphatic rings. The van der Waals surface area contributed by atoms with E-state index in [0.717, 1.165) is 30.2 Å². The number of nitrogens with zero attached hydrogens (tertiary/aromatic N) is 2. The third-order valence-electron chi connectivity index (χ3n) is 3.23. The number of ether oxygens (including phenoxy) is 1. The second-order valence-electron chi connectivity index (χ2n) is 4.69. The SMILES string of the molecule is Cc1nc(N2CC(C)OCC2C)ccc1CCl. The Kier molecular flexibility index (Phi) is 3.89. The fourth-order valence-corrected chi connectivity index (χ4v) is 2.38. The molecule has 1 fully saturated rings. The molecule has 2 heterocycles. The van der Waals surface area contributed by atoms with Crippen molar-refractivity contribution in [2.45, 2.75) is 38.8 Å². The Morgan fingerprint density at radius 1 is 1.47 bits per heavy atom. The Labute approximate surface area is 108 Å². The van der Waals surface area contributed by atoms with E-state index >= 15 is 0 Å². The van der Waals surface area contributed by atoms with E-state index in [9.17, 15) is 0 Å². The van der Waals surface area contributed by atoms with Crippen molar-refractivity contribution >= 4 is 17.4 Å². The summed E-state index contributed by atoms with van der Waals surface area (Å²) in [6.07, 6.45) is 0.265. The molecule has 0 radical (unpaired) electrons. The van der Waals surface area contributed by atoms with E-state index in [-0.39, 0.29) is 6.10 Å². The molecule has 0 aliphatic carbocycles. The molecule has 0 N–H and O–H groups in total. The van der Waals surface area contributed by atoms with Gasteiger partial charge in [0.15, 0.2) is 0 Å². The topological polar surface area (TPSA) is 25.4 Å². The first-order chi connectivity index (χ1) is 8.11. The zero-order valence-electron chi connectivity index (χ0n) is 10.6. The molecular formula is C13H19ClN2O. The van der Waals surface area contributed by atoms with Gasteiger partial charge in [-0.05, 0) is 32.4 Å². The van der Waals surface area contributed by atoms with Crippen molar-refractivity contribution in [1.29, 1.82) is 0 Å². The Morgan fingerprint density at radius 2 is 2.24 bits per heavy atom. The maximum Gasteiger partial charge on any atom is 0.129 e. The van der Waals surface area contributed by atoms with Crippen molar-refractivity contribution < 1.29 is 4.74 Å². The summed E-state index contributed by atoms with van der Waals surface area (Å²) in [7, 11) is 0. The van der Waals surface area contributed by atoms with Gasteiger partial charge in [-0.1, -0.05) is 6.07 Å². The molecule has 0 spiro atoms. The van der Waals surface area contributed by atoms with Crippen LogP contribution in [0.15, 0.2) is 12.1 Å². The van der Waals surface area contributed by atoms with Crippen molar-refractivity contribution in [1.82, 2.24) is 4.98 Å². The smallest absolute Gasteiger partial charge is 0.129 e. The number of halogens is 1. The number of anilines is 1. The third-order valence-corrected chi connectivity index (χ3v) is 3.51. The largest absolute Gasteiger partial charge is 0.375 e. The van der Waals surface area contributed by atoms with Gasteiger partial charge < -0.3 is 9.64 Å². The van der Waals surface area contributed by atoms with Gasteiger partial charge in [0.05, 0.1) is 18.8 Å².